The van der Waals surface area contributed by atoms with Gasteiger partial charge in [-0.2, -0.15) is 5.10 Å². The molecular weight excluding hydrogens is 340 g/mol. The van der Waals surface area contributed by atoms with Gasteiger partial charge in [0.25, 0.3) is 5.91 Å². The number of carbonyl (C=O) groups excluding carboxylic acids is 1. The van der Waals surface area contributed by atoms with Gasteiger partial charge in [-0.15, -0.1) is 0 Å². The molecule has 0 aliphatic rings. The summed E-state index contributed by atoms with van der Waals surface area (Å²) in [7, 11) is 1.79. The number of ether oxygens (including phenoxy) is 1. The second kappa shape index (κ2) is 8.03. The van der Waals surface area contributed by atoms with E-state index in [-0.39, 0.29) is 18.6 Å². The normalized spacial score (nSPS) is 11.9. The van der Waals surface area contributed by atoms with Crippen LogP contribution in [0.2, 0.25) is 0 Å². The molecule has 6 heteroatoms. The molecule has 2 aromatic carbocycles. The predicted octanol–water partition coefficient (Wildman–Crippen LogP) is 3.48. The fourth-order valence-electron chi connectivity index (χ4n) is 2.74. The highest BCUT2D eigenvalue weighted by atomic mass is 16.5. The van der Waals surface area contributed by atoms with E-state index in [9.17, 15) is 4.79 Å². The van der Waals surface area contributed by atoms with Gasteiger partial charge in [-0.25, -0.2) is 9.67 Å². The third-order valence-corrected chi connectivity index (χ3v) is 4.87. The second-order valence-electron chi connectivity index (χ2n) is 6.65. The van der Waals surface area contributed by atoms with E-state index in [0.29, 0.717) is 5.75 Å². The molecule has 0 bridgehead atoms. The summed E-state index contributed by atoms with van der Waals surface area (Å²) in [6, 6.07) is 13.7. The van der Waals surface area contributed by atoms with Crippen molar-refractivity contribution in [1.29, 1.82) is 0 Å². The number of benzene rings is 2. The lowest BCUT2D eigenvalue weighted by Gasteiger charge is -2.25. The van der Waals surface area contributed by atoms with Crippen LogP contribution in [0.3, 0.4) is 0 Å². The van der Waals surface area contributed by atoms with E-state index in [1.54, 1.807) is 23.0 Å². The van der Waals surface area contributed by atoms with E-state index >= 15 is 0 Å². The lowest BCUT2D eigenvalue weighted by molar-refractivity contribution is -0.134. The molecule has 1 amide bonds. The standard InChI is InChI=1S/C21H24N4O2/c1-15-5-10-20(11-16(15)2)27-12-21(26)24(4)17(3)18-6-8-19(9-7-18)25-14-22-13-23-25/h5-11,13-14,17H,12H2,1-4H3. The van der Waals surface area contributed by atoms with E-state index in [1.165, 1.54) is 11.9 Å². The second-order valence-corrected chi connectivity index (χ2v) is 6.65. The largest absolute Gasteiger partial charge is 0.484 e. The number of aryl methyl sites for hydroxylation is 2. The summed E-state index contributed by atoms with van der Waals surface area (Å²) in [5.74, 6) is 0.644. The number of rotatable bonds is 6. The monoisotopic (exact) mass is 364 g/mol. The Labute approximate surface area is 159 Å². The lowest BCUT2D eigenvalue weighted by atomic mass is 10.1. The first-order valence-electron chi connectivity index (χ1n) is 8.86. The Bertz CT molecular complexity index is 904. The van der Waals surface area contributed by atoms with Crippen molar-refractivity contribution in [1.82, 2.24) is 19.7 Å². The summed E-state index contributed by atoms with van der Waals surface area (Å²) in [5.41, 5.74) is 4.32. The van der Waals surface area contributed by atoms with Crippen LogP contribution in [0.1, 0.15) is 29.7 Å². The number of carbonyl (C=O) groups is 1. The van der Waals surface area contributed by atoms with E-state index < -0.39 is 0 Å². The molecule has 1 atom stereocenters. The van der Waals surface area contributed by atoms with Gasteiger partial charge in [-0.3, -0.25) is 4.79 Å². The third kappa shape index (κ3) is 4.34. The molecule has 3 aromatic rings. The van der Waals surface area contributed by atoms with Crippen molar-refractivity contribution in [2.24, 2.45) is 0 Å². The smallest absolute Gasteiger partial charge is 0.260 e. The van der Waals surface area contributed by atoms with Gasteiger partial charge in [0, 0.05) is 7.05 Å². The maximum absolute atomic E-state index is 12.5. The van der Waals surface area contributed by atoms with Crippen LogP contribution in [-0.2, 0) is 4.79 Å². The summed E-state index contributed by atoms with van der Waals surface area (Å²) in [4.78, 5) is 18.2. The highest BCUT2D eigenvalue weighted by molar-refractivity contribution is 5.78. The topological polar surface area (TPSA) is 60.2 Å². The molecule has 1 aromatic heterocycles. The number of hydrogen-bond donors (Lipinski definition) is 0. The lowest BCUT2D eigenvalue weighted by Crippen LogP contribution is -2.33. The minimum atomic E-state index is -0.0684. The van der Waals surface area contributed by atoms with Crippen molar-refractivity contribution >= 4 is 5.91 Å². The molecule has 0 saturated heterocycles. The molecule has 6 nitrogen and oxygen atoms in total. The zero-order chi connectivity index (χ0) is 19.4. The first kappa shape index (κ1) is 18.6. The Hall–Kier alpha value is -3.15. The van der Waals surface area contributed by atoms with Crippen LogP contribution in [0.4, 0.5) is 0 Å². The minimum absolute atomic E-state index is 0.0143. The fraction of sp³-hybridized carbons (Fsp3) is 0.286. The van der Waals surface area contributed by atoms with Gasteiger partial charge in [-0.1, -0.05) is 18.2 Å². The number of likely N-dealkylation sites (N-methyl/N-ethyl adjacent to an activating group) is 1. The molecule has 0 radical (unpaired) electrons. The molecule has 0 aliphatic carbocycles. The Balaban J connectivity index is 1.61. The molecule has 1 heterocycles. The fourth-order valence-corrected chi connectivity index (χ4v) is 2.74. The van der Waals surface area contributed by atoms with Crippen molar-refractivity contribution in [2.45, 2.75) is 26.8 Å². The maximum Gasteiger partial charge on any atom is 0.260 e. The average molecular weight is 364 g/mol. The third-order valence-electron chi connectivity index (χ3n) is 4.87. The number of amides is 1. The van der Waals surface area contributed by atoms with Crippen molar-refractivity contribution in [2.75, 3.05) is 13.7 Å². The van der Waals surface area contributed by atoms with Crippen LogP contribution >= 0.6 is 0 Å². The highest BCUT2D eigenvalue weighted by Gasteiger charge is 2.18. The molecule has 0 spiro atoms. The number of hydrogen-bond acceptors (Lipinski definition) is 4. The number of nitrogens with zero attached hydrogens (tertiary/aromatic N) is 4. The molecule has 27 heavy (non-hydrogen) atoms. The van der Waals surface area contributed by atoms with Gasteiger partial charge in [0.2, 0.25) is 0 Å². The van der Waals surface area contributed by atoms with Gasteiger partial charge in [-0.05, 0) is 61.7 Å². The highest BCUT2D eigenvalue weighted by Crippen LogP contribution is 2.21. The van der Waals surface area contributed by atoms with Crippen LogP contribution in [0.25, 0.3) is 5.69 Å². The van der Waals surface area contributed by atoms with Crippen molar-refractivity contribution < 1.29 is 9.53 Å². The Morgan fingerprint density at radius 1 is 1.15 bits per heavy atom. The van der Waals surface area contributed by atoms with Crippen LogP contribution in [0.5, 0.6) is 5.75 Å². The summed E-state index contributed by atoms with van der Waals surface area (Å²) in [6.07, 6.45) is 3.15. The zero-order valence-corrected chi connectivity index (χ0v) is 16.1. The summed E-state index contributed by atoms with van der Waals surface area (Å²) in [6.45, 7) is 6.09. The van der Waals surface area contributed by atoms with Crippen molar-refractivity contribution in [3.8, 4) is 11.4 Å². The van der Waals surface area contributed by atoms with Gasteiger partial charge < -0.3 is 9.64 Å². The maximum atomic E-state index is 12.5. The first-order chi connectivity index (χ1) is 13.0. The van der Waals surface area contributed by atoms with E-state index in [1.807, 2.05) is 63.2 Å². The molecule has 140 valence electrons. The molecule has 0 saturated carbocycles. The van der Waals surface area contributed by atoms with Crippen molar-refractivity contribution in [3.63, 3.8) is 0 Å². The van der Waals surface area contributed by atoms with Gasteiger partial charge >= 0.3 is 0 Å². The van der Waals surface area contributed by atoms with E-state index in [0.717, 1.165) is 16.8 Å². The van der Waals surface area contributed by atoms with Crippen LogP contribution in [0.15, 0.2) is 55.1 Å². The molecule has 0 fully saturated rings. The Morgan fingerprint density at radius 3 is 2.52 bits per heavy atom. The Morgan fingerprint density at radius 2 is 1.89 bits per heavy atom. The Kier molecular flexibility index (Phi) is 5.54. The summed E-state index contributed by atoms with van der Waals surface area (Å²) < 4.78 is 7.36. The van der Waals surface area contributed by atoms with E-state index in [2.05, 4.69) is 10.1 Å². The molecule has 0 N–H and O–H groups in total. The molecular formula is C21H24N4O2. The van der Waals surface area contributed by atoms with E-state index in [4.69, 9.17) is 4.74 Å². The SMILES string of the molecule is Cc1ccc(OCC(=O)N(C)C(C)c2ccc(-n3cncn3)cc2)cc1C. The molecule has 1 unspecified atom stereocenters. The number of aromatic nitrogens is 3. The summed E-state index contributed by atoms with van der Waals surface area (Å²) in [5, 5.41) is 4.11. The molecule has 3 rings (SSSR count). The summed E-state index contributed by atoms with van der Waals surface area (Å²) >= 11 is 0. The zero-order valence-electron chi connectivity index (χ0n) is 16.1. The first-order valence-corrected chi connectivity index (χ1v) is 8.86. The van der Waals surface area contributed by atoms with Gasteiger partial charge in [0.05, 0.1) is 11.7 Å². The van der Waals surface area contributed by atoms with Gasteiger partial charge in [0.1, 0.15) is 18.4 Å². The van der Waals surface area contributed by atoms with Crippen molar-refractivity contribution in [3.05, 3.63) is 71.8 Å². The van der Waals surface area contributed by atoms with Crippen LogP contribution < -0.4 is 4.74 Å². The van der Waals surface area contributed by atoms with Crippen LogP contribution in [-0.4, -0.2) is 39.2 Å². The molecule has 0 aliphatic heterocycles. The minimum Gasteiger partial charge on any atom is -0.484 e. The quantitative estimate of drug-likeness (QED) is 0.672. The average Bonchev–Trinajstić information content (AvgIpc) is 3.22. The van der Waals surface area contributed by atoms with Crippen LogP contribution in [0, 0.1) is 13.8 Å². The predicted molar refractivity (Wildman–Crippen MR) is 104 cm³/mol. The van der Waals surface area contributed by atoms with Gasteiger partial charge in [0.15, 0.2) is 6.61 Å².